The predicted octanol–water partition coefficient (Wildman–Crippen LogP) is 2.30. The van der Waals surface area contributed by atoms with Gasteiger partial charge in [-0.1, -0.05) is 19.1 Å². The Morgan fingerprint density at radius 3 is 2.70 bits per heavy atom. The van der Waals surface area contributed by atoms with Crippen LogP contribution in [0.5, 0.6) is 5.75 Å². The Morgan fingerprint density at radius 2 is 2.05 bits per heavy atom. The van der Waals surface area contributed by atoms with Crippen molar-refractivity contribution in [2.24, 2.45) is 0 Å². The molecule has 0 saturated carbocycles. The SMILES string of the molecule is CCCN(C(=O)c1ccccc1OC)C1CCNCC1. The van der Waals surface area contributed by atoms with Crippen LogP contribution in [0.3, 0.4) is 0 Å². The number of nitrogens with one attached hydrogen (secondary N) is 1. The number of ether oxygens (including phenoxy) is 1. The summed E-state index contributed by atoms with van der Waals surface area (Å²) in [5, 5.41) is 3.35. The Kier molecular flexibility index (Phi) is 5.41. The zero-order chi connectivity index (χ0) is 14.4. The van der Waals surface area contributed by atoms with Gasteiger partial charge in [-0.2, -0.15) is 0 Å². The number of carbonyl (C=O) groups excluding carboxylic acids is 1. The average Bonchev–Trinajstić information content (AvgIpc) is 2.52. The van der Waals surface area contributed by atoms with Crippen LogP contribution in [0.2, 0.25) is 0 Å². The molecule has 1 N–H and O–H groups in total. The number of hydrogen-bond acceptors (Lipinski definition) is 3. The monoisotopic (exact) mass is 276 g/mol. The molecule has 0 aliphatic carbocycles. The molecule has 0 atom stereocenters. The summed E-state index contributed by atoms with van der Waals surface area (Å²) in [6.07, 6.45) is 3.03. The summed E-state index contributed by atoms with van der Waals surface area (Å²) in [4.78, 5) is 14.9. The highest BCUT2D eigenvalue weighted by atomic mass is 16.5. The van der Waals surface area contributed by atoms with Gasteiger partial charge in [0.15, 0.2) is 0 Å². The Balaban J connectivity index is 2.21. The molecule has 110 valence electrons. The first kappa shape index (κ1) is 14.9. The third-order valence-electron chi connectivity index (χ3n) is 3.81. The lowest BCUT2D eigenvalue weighted by Gasteiger charge is -2.35. The van der Waals surface area contributed by atoms with Crippen molar-refractivity contribution in [3.63, 3.8) is 0 Å². The molecule has 1 heterocycles. The van der Waals surface area contributed by atoms with Crippen LogP contribution in [-0.2, 0) is 0 Å². The smallest absolute Gasteiger partial charge is 0.257 e. The van der Waals surface area contributed by atoms with E-state index in [9.17, 15) is 4.79 Å². The fourth-order valence-corrected chi connectivity index (χ4v) is 2.79. The van der Waals surface area contributed by atoms with E-state index in [1.807, 2.05) is 29.2 Å². The molecule has 20 heavy (non-hydrogen) atoms. The molecular formula is C16H24N2O2. The standard InChI is InChI=1S/C16H24N2O2/c1-3-12-18(13-8-10-17-11-9-13)16(19)14-6-4-5-7-15(14)20-2/h4-7,13,17H,3,8-12H2,1-2H3. The number of methoxy groups -OCH3 is 1. The highest BCUT2D eigenvalue weighted by Gasteiger charge is 2.26. The molecule has 0 spiro atoms. The van der Waals surface area contributed by atoms with Crippen molar-refractivity contribution in [3.05, 3.63) is 29.8 Å². The summed E-state index contributed by atoms with van der Waals surface area (Å²) in [5.74, 6) is 0.753. The summed E-state index contributed by atoms with van der Waals surface area (Å²) in [5.41, 5.74) is 0.669. The fourth-order valence-electron chi connectivity index (χ4n) is 2.79. The van der Waals surface area contributed by atoms with Crippen LogP contribution in [-0.4, -0.2) is 43.6 Å². The summed E-state index contributed by atoms with van der Waals surface area (Å²) in [7, 11) is 1.61. The second kappa shape index (κ2) is 7.29. The number of amides is 1. The summed E-state index contributed by atoms with van der Waals surface area (Å²) < 4.78 is 5.32. The van der Waals surface area contributed by atoms with Crippen LogP contribution < -0.4 is 10.1 Å². The van der Waals surface area contributed by atoms with Crippen LogP contribution in [0.4, 0.5) is 0 Å². The molecule has 0 bridgehead atoms. The molecular weight excluding hydrogens is 252 g/mol. The van der Waals surface area contributed by atoms with Crippen LogP contribution in [0.15, 0.2) is 24.3 Å². The molecule has 0 aromatic heterocycles. The fraction of sp³-hybridized carbons (Fsp3) is 0.562. The molecule has 0 radical (unpaired) electrons. The molecule has 2 rings (SSSR count). The van der Waals surface area contributed by atoms with Gasteiger partial charge in [0.2, 0.25) is 0 Å². The first-order valence-corrected chi connectivity index (χ1v) is 7.42. The van der Waals surface area contributed by atoms with Gasteiger partial charge in [-0.3, -0.25) is 4.79 Å². The number of benzene rings is 1. The van der Waals surface area contributed by atoms with Gasteiger partial charge >= 0.3 is 0 Å². The number of para-hydroxylation sites is 1. The maximum atomic E-state index is 12.8. The largest absolute Gasteiger partial charge is 0.496 e. The normalized spacial score (nSPS) is 15.9. The van der Waals surface area contributed by atoms with E-state index in [0.717, 1.165) is 38.9 Å². The highest BCUT2D eigenvalue weighted by Crippen LogP contribution is 2.22. The molecule has 1 aliphatic rings. The van der Waals surface area contributed by atoms with Crippen molar-refractivity contribution < 1.29 is 9.53 Å². The van der Waals surface area contributed by atoms with Crippen molar-refractivity contribution in [1.82, 2.24) is 10.2 Å². The maximum absolute atomic E-state index is 12.8. The molecule has 1 fully saturated rings. The average molecular weight is 276 g/mol. The summed E-state index contributed by atoms with van der Waals surface area (Å²) >= 11 is 0. The zero-order valence-corrected chi connectivity index (χ0v) is 12.4. The van der Waals surface area contributed by atoms with Crippen LogP contribution in [0.1, 0.15) is 36.5 Å². The lowest BCUT2D eigenvalue weighted by molar-refractivity contribution is 0.0639. The van der Waals surface area contributed by atoms with Gasteiger partial charge in [-0.25, -0.2) is 0 Å². The Bertz CT molecular complexity index is 442. The summed E-state index contributed by atoms with van der Waals surface area (Å²) in [6.45, 7) is 4.90. The van der Waals surface area contributed by atoms with Gasteiger partial charge in [0, 0.05) is 12.6 Å². The number of hydrogen-bond donors (Lipinski definition) is 1. The van der Waals surface area contributed by atoms with Crippen LogP contribution in [0, 0.1) is 0 Å². The van der Waals surface area contributed by atoms with Gasteiger partial charge in [0.25, 0.3) is 5.91 Å². The minimum Gasteiger partial charge on any atom is -0.496 e. The Labute approximate surface area is 121 Å². The lowest BCUT2D eigenvalue weighted by atomic mass is 10.0. The summed E-state index contributed by atoms with van der Waals surface area (Å²) in [6, 6.07) is 7.82. The number of rotatable bonds is 5. The maximum Gasteiger partial charge on any atom is 0.257 e. The molecule has 1 aromatic rings. The third-order valence-corrected chi connectivity index (χ3v) is 3.81. The quantitative estimate of drug-likeness (QED) is 0.897. The molecule has 1 saturated heterocycles. The second-order valence-corrected chi connectivity index (χ2v) is 5.18. The Morgan fingerprint density at radius 1 is 1.35 bits per heavy atom. The van der Waals surface area contributed by atoms with Crippen molar-refractivity contribution in [2.75, 3.05) is 26.7 Å². The van der Waals surface area contributed by atoms with E-state index in [1.54, 1.807) is 7.11 Å². The van der Waals surface area contributed by atoms with Crippen molar-refractivity contribution in [2.45, 2.75) is 32.2 Å². The van der Waals surface area contributed by atoms with Gasteiger partial charge in [-0.05, 0) is 44.5 Å². The predicted molar refractivity (Wildman–Crippen MR) is 80.2 cm³/mol. The molecule has 1 aliphatic heterocycles. The molecule has 0 unspecified atom stereocenters. The van der Waals surface area contributed by atoms with E-state index in [4.69, 9.17) is 4.74 Å². The molecule has 4 heteroatoms. The van der Waals surface area contributed by atoms with E-state index < -0.39 is 0 Å². The van der Waals surface area contributed by atoms with Gasteiger partial charge in [0.05, 0.1) is 12.7 Å². The first-order valence-electron chi connectivity index (χ1n) is 7.42. The second-order valence-electron chi connectivity index (χ2n) is 5.18. The zero-order valence-electron chi connectivity index (χ0n) is 12.4. The van der Waals surface area contributed by atoms with E-state index in [2.05, 4.69) is 12.2 Å². The first-order chi connectivity index (χ1) is 9.77. The van der Waals surface area contributed by atoms with E-state index in [1.165, 1.54) is 0 Å². The number of piperidine rings is 1. The minimum atomic E-state index is 0.0937. The molecule has 1 amide bonds. The van der Waals surface area contributed by atoms with Crippen LogP contribution >= 0.6 is 0 Å². The van der Waals surface area contributed by atoms with Gasteiger partial charge in [-0.15, -0.1) is 0 Å². The van der Waals surface area contributed by atoms with E-state index in [0.29, 0.717) is 17.4 Å². The number of nitrogens with zero attached hydrogens (tertiary/aromatic N) is 1. The van der Waals surface area contributed by atoms with Crippen molar-refractivity contribution in [3.8, 4) is 5.75 Å². The molecule has 1 aromatic carbocycles. The van der Waals surface area contributed by atoms with E-state index >= 15 is 0 Å². The molecule has 4 nitrogen and oxygen atoms in total. The van der Waals surface area contributed by atoms with Crippen molar-refractivity contribution >= 4 is 5.91 Å². The number of carbonyl (C=O) groups is 1. The lowest BCUT2D eigenvalue weighted by Crippen LogP contribution is -2.46. The third kappa shape index (κ3) is 3.31. The Hall–Kier alpha value is -1.55. The topological polar surface area (TPSA) is 41.6 Å². The van der Waals surface area contributed by atoms with Gasteiger partial charge in [0.1, 0.15) is 5.75 Å². The van der Waals surface area contributed by atoms with E-state index in [-0.39, 0.29) is 5.91 Å². The van der Waals surface area contributed by atoms with Gasteiger partial charge < -0.3 is 15.0 Å². The van der Waals surface area contributed by atoms with Crippen LogP contribution in [0.25, 0.3) is 0 Å². The minimum absolute atomic E-state index is 0.0937. The highest BCUT2D eigenvalue weighted by molar-refractivity contribution is 5.97. The van der Waals surface area contributed by atoms with Crippen molar-refractivity contribution in [1.29, 1.82) is 0 Å².